The molecule has 39 heavy (non-hydrogen) atoms. The van der Waals surface area contributed by atoms with Crippen LogP contribution in [0.4, 0.5) is 0 Å². The molecule has 0 atom stereocenters. The van der Waals surface area contributed by atoms with Crippen LogP contribution in [0.5, 0.6) is 0 Å². The fourth-order valence-corrected chi connectivity index (χ4v) is 6.21. The van der Waals surface area contributed by atoms with Gasteiger partial charge in [0, 0.05) is 38.0 Å². The molecule has 0 amide bonds. The van der Waals surface area contributed by atoms with Crippen LogP contribution in [-0.2, 0) is 0 Å². The van der Waals surface area contributed by atoms with Gasteiger partial charge in [-0.2, -0.15) is 0 Å². The molecule has 0 fully saturated rings. The number of furan rings is 2. The first kappa shape index (κ1) is 20.7. The molecule has 0 saturated heterocycles. The second kappa shape index (κ2) is 7.62. The van der Waals surface area contributed by atoms with E-state index < -0.39 is 0 Å². The van der Waals surface area contributed by atoms with Gasteiger partial charge in [-0.25, -0.2) is 0 Å². The summed E-state index contributed by atoms with van der Waals surface area (Å²) in [5, 5.41) is 6.81. The Bertz CT molecular complexity index is 2330. The molecular weight excluding hydrogens is 478 g/mol. The Morgan fingerprint density at radius 2 is 0.949 bits per heavy atom. The highest BCUT2D eigenvalue weighted by atomic mass is 16.4. The Hall–Kier alpha value is -5.28. The molecule has 3 aromatic heterocycles. The number of hydrogen-bond acceptors (Lipinski definition) is 2. The number of aromatic nitrogens is 1. The van der Waals surface area contributed by atoms with Crippen molar-refractivity contribution >= 4 is 65.7 Å². The molecule has 0 bridgehead atoms. The highest BCUT2D eigenvalue weighted by Gasteiger charge is 2.18. The molecule has 3 heterocycles. The predicted molar refractivity (Wildman–Crippen MR) is 161 cm³/mol. The molecule has 0 aliphatic rings. The first-order valence-electron chi connectivity index (χ1n) is 13.2. The second-order valence-corrected chi connectivity index (χ2v) is 10.2. The number of fused-ring (bicyclic) bond motifs is 10. The van der Waals surface area contributed by atoms with E-state index in [9.17, 15) is 0 Å². The van der Waals surface area contributed by atoms with Crippen molar-refractivity contribution in [1.82, 2.24) is 4.57 Å². The van der Waals surface area contributed by atoms with Crippen LogP contribution in [0.3, 0.4) is 0 Å². The minimum atomic E-state index is 0.791. The molecule has 0 saturated carbocycles. The Morgan fingerprint density at radius 1 is 0.385 bits per heavy atom. The average Bonchev–Trinajstić information content (AvgIpc) is 3.66. The number of para-hydroxylation sites is 2. The maximum absolute atomic E-state index is 6.45. The van der Waals surface area contributed by atoms with Crippen molar-refractivity contribution in [3.8, 4) is 16.8 Å². The van der Waals surface area contributed by atoms with Gasteiger partial charge in [-0.3, -0.25) is 0 Å². The average molecular weight is 500 g/mol. The maximum Gasteiger partial charge on any atom is 0.178 e. The molecule has 0 N–H and O–H groups in total. The zero-order valence-electron chi connectivity index (χ0n) is 20.9. The first-order chi connectivity index (χ1) is 19.3. The van der Waals surface area contributed by atoms with Gasteiger partial charge in [-0.15, -0.1) is 0 Å². The summed E-state index contributed by atoms with van der Waals surface area (Å²) in [6, 6.07) is 44.8. The summed E-state index contributed by atoms with van der Waals surface area (Å²) >= 11 is 0. The van der Waals surface area contributed by atoms with Crippen molar-refractivity contribution in [1.29, 1.82) is 0 Å². The zero-order valence-corrected chi connectivity index (χ0v) is 20.9. The van der Waals surface area contributed by atoms with Gasteiger partial charge < -0.3 is 13.4 Å². The largest absolute Gasteiger partial charge is 0.452 e. The van der Waals surface area contributed by atoms with Gasteiger partial charge in [0.2, 0.25) is 0 Å². The quantitative estimate of drug-likeness (QED) is 0.237. The summed E-state index contributed by atoms with van der Waals surface area (Å²) in [5.41, 5.74) is 9.17. The molecule has 9 rings (SSSR count). The van der Waals surface area contributed by atoms with Crippen molar-refractivity contribution in [3.63, 3.8) is 0 Å². The van der Waals surface area contributed by atoms with E-state index in [4.69, 9.17) is 8.83 Å². The van der Waals surface area contributed by atoms with Gasteiger partial charge in [0.15, 0.2) is 11.2 Å². The Labute approximate surface area is 223 Å². The van der Waals surface area contributed by atoms with Crippen molar-refractivity contribution in [2.45, 2.75) is 0 Å². The van der Waals surface area contributed by atoms with Crippen LogP contribution in [0.2, 0.25) is 0 Å². The van der Waals surface area contributed by atoms with E-state index in [-0.39, 0.29) is 0 Å². The maximum atomic E-state index is 6.45. The van der Waals surface area contributed by atoms with Crippen LogP contribution in [0, 0.1) is 0 Å². The second-order valence-electron chi connectivity index (χ2n) is 10.2. The summed E-state index contributed by atoms with van der Waals surface area (Å²) in [7, 11) is 0. The highest BCUT2D eigenvalue weighted by molar-refractivity contribution is 6.19. The molecule has 3 nitrogen and oxygen atoms in total. The van der Waals surface area contributed by atoms with E-state index in [0.717, 1.165) is 49.6 Å². The summed E-state index contributed by atoms with van der Waals surface area (Å²) < 4.78 is 15.2. The third-order valence-corrected chi connectivity index (χ3v) is 8.00. The molecule has 0 aliphatic heterocycles. The Balaban J connectivity index is 1.28. The Kier molecular flexibility index (Phi) is 4.05. The lowest BCUT2D eigenvalue weighted by Crippen LogP contribution is -1.93. The van der Waals surface area contributed by atoms with E-state index in [1.165, 1.54) is 32.9 Å². The molecule has 9 aromatic rings. The lowest BCUT2D eigenvalue weighted by molar-refractivity contribution is 0.633. The van der Waals surface area contributed by atoms with Crippen LogP contribution < -0.4 is 0 Å². The molecule has 3 heteroatoms. The number of rotatable bonds is 2. The van der Waals surface area contributed by atoms with Crippen molar-refractivity contribution in [3.05, 3.63) is 127 Å². The fourth-order valence-electron chi connectivity index (χ4n) is 6.21. The van der Waals surface area contributed by atoms with Gasteiger partial charge in [0.1, 0.15) is 11.2 Å². The first-order valence-corrected chi connectivity index (χ1v) is 13.2. The third-order valence-electron chi connectivity index (χ3n) is 8.00. The third kappa shape index (κ3) is 2.87. The van der Waals surface area contributed by atoms with Crippen LogP contribution in [0.15, 0.2) is 136 Å². The lowest BCUT2D eigenvalue weighted by Gasteiger charge is -2.07. The van der Waals surface area contributed by atoms with E-state index in [2.05, 4.69) is 126 Å². The minimum absolute atomic E-state index is 0.791. The zero-order chi connectivity index (χ0) is 25.5. The van der Waals surface area contributed by atoms with Gasteiger partial charge in [-0.05, 0) is 65.7 Å². The molecule has 0 aliphatic carbocycles. The predicted octanol–water partition coefficient (Wildman–Crippen LogP) is 10.2. The summed E-state index contributed by atoms with van der Waals surface area (Å²) in [5.74, 6) is 0. The van der Waals surface area contributed by atoms with Crippen molar-refractivity contribution in [2.75, 3.05) is 0 Å². The molecule has 182 valence electrons. The molecule has 0 unspecified atom stereocenters. The minimum Gasteiger partial charge on any atom is -0.452 e. The molecule has 0 radical (unpaired) electrons. The van der Waals surface area contributed by atoms with E-state index in [1.54, 1.807) is 0 Å². The standard InChI is InChI=1S/C36H21NO2/c1-2-8-22(9-3-1)23-14-18-33-29(20-23)27-16-17-28-30-21-24(15-19-34(30)39-36(28)35(27)38-33)37-31-12-6-4-10-25(31)26-11-5-7-13-32(26)37/h1-21H. The number of nitrogens with zero attached hydrogens (tertiary/aromatic N) is 1. The van der Waals surface area contributed by atoms with Crippen molar-refractivity contribution in [2.24, 2.45) is 0 Å². The number of benzene rings is 6. The monoisotopic (exact) mass is 499 g/mol. The summed E-state index contributed by atoms with van der Waals surface area (Å²) in [6.07, 6.45) is 0. The number of hydrogen-bond donors (Lipinski definition) is 0. The van der Waals surface area contributed by atoms with Crippen LogP contribution in [0.25, 0.3) is 82.5 Å². The summed E-state index contributed by atoms with van der Waals surface area (Å²) in [6.45, 7) is 0. The van der Waals surface area contributed by atoms with Gasteiger partial charge >= 0.3 is 0 Å². The Morgan fingerprint density at radius 3 is 1.62 bits per heavy atom. The highest BCUT2D eigenvalue weighted by Crippen LogP contribution is 2.41. The molecule has 0 spiro atoms. The smallest absolute Gasteiger partial charge is 0.178 e. The van der Waals surface area contributed by atoms with E-state index >= 15 is 0 Å². The van der Waals surface area contributed by atoms with Gasteiger partial charge in [0.05, 0.1) is 11.0 Å². The normalized spacial score (nSPS) is 12.1. The van der Waals surface area contributed by atoms with Crippen LogP contribution in [-0.4, -0.2) is 4.57 Å². The van der Waals surface area contributed by atoms with E-state index in [1.807, 2.05) is 6.07 Å². The van der Waals surface area contributed by atoms with Crippen molar-refractivity contribution < 1.29 is 8.83 Å². The summed E-state index contributed by atoms with van der Waals surface area (Å²) in [4.78, 5) is 0. The molecular formula is C36H21NO2. The van der Waals surface area contributed by atoms with Gasteiger partial charge in [0.25, 0.3) is 0 Å². The molecule has 6 aromatic carbocycles. The van der Waals surface area contributed by atoms with Crippen LogP contribution in [0.1, 0.15) is 0 Å². The SMILES string of the molecule is c1ccc(-c2ccc3oc4c(ccc5c6cc(-n7c8ccccc8c8ccccc87)ccc6oc54)c3c2)cc1. The fraction of sp³-hybridized carbons (Fsp3) is 0. The van der Waals surface area contributed by atoms with Gasteiger partial charge in [-0.1, -0.05) is 72.8 Å². The lowest BCUT2D eigenvalue weighted by atomic mass is 10.0. The topological polar surface area (TPSA) is 31.2 Å². The van der Waals surface area contributed by atoms with Crippen LogP contribution >= 0.6 is 0 Å². The van der Waals surface area contributed by atoms with E-state index in [0.29, 0.717) is 0 Å².